The highest BCUT2D eigenvalue weighted by atomic mass is 35.5. The molecule has 0 saturated heterocycles. The summed E-state index contributed by atoms with van der Waals surface area (Å²) in [6.45, 7) is 0. The molecular formula is ClO4S-3. The second kappa shape index (κ2) is 2.35. The number of halogens is 1. The van der Waals surface area contributed by atoms with Gasteiger partial charge >= 0.3 is 0 Å². The first-order chi connectivity index (χ1) is 2.00. The van der Waals surface area contributed by atoms with Crippen LogP contribution in [-0.2, 0) is 10.4 Å². The van der Waals surface area contributed by atoms with Gasteiger partial charge in [0, 0.05) is 10.4 Å². The summed E-state index contributed by atoms with van der Waals surface area (Å²) in [5, 5.41) is 0. The van der Waals surface area contributed by atoms with E-state index in [-0.39, 0.29) is 12.4 Å². The minimum Gasteiger partial charge on any atom is -1.00 e. The quantitative estimate of drug-likeness (QED) is 0.246. The van der Waals surface area contributed by atoms with Crippen LogP contribution in [0.5, 0.6) is 0 Å². The molecule has 0 rings (SSSR count). The molecule has 0 aromatic rings. The molecule has 0 aliphatic rings. The SMILES string of the molecule is O=S(=O)([O-])[O-].[Cl-]. The Morgan fingerprint density at radius 3 is 1.17 bits per heavy atom. The minimum atomic E-state index is -5.17. The zero-order chi connectivity index (χ0) is 4.50. The summed E-state index contributed by atoms with van der Waals surface area (Å²) in [5.41, 5.74) is 0. The highest BCUT2D eigenvalue weighted by Gasteiger charge is 1.49. The molecule has 0 N–H and O–H groups in total. The molecule has 0 radical (unpaired) electrons. The molecule has 0 spiro atoms. The van der Waals surface area contributed by atoms with E-state index in [2.05, 4.69) is 0 Å². The van der Waals surface area contributed by atoms with Gasteiger partial charge < -0.3 is 21.5 Å². The fourth-order valence-corrected chi connectivity index (χ4v) is 0. The third kappa shape index (κ3) is 1620. The topological polar surface area (TPSA) is 80.3 Å². The summed E-state index contributed by atoms with van der Waals surface area (Å²) in [6, 6.07) is 0. The number of hydrogen-bond donors (Lipinski definition) is 0. The molecule has 0 aliphatic carbocycles. The fourth-order valence-electron chi connectivity index (χ4n) is 0. The Balaban J connectivity index is 0. The van der Waals surface area contributed by atoms with E-state index in [1.165, 1.54) is 0 Å². The van der Waals surface area contributed by atoms with E-state index in [0.29, 0.717) is 0 Å². The molecule has 0 heterocycles. The third-order valence-corrected chi connectivity index (χ3v) is 0. The summed E-state index contributed by atoms with van der Waals surface area (Å²) < 4.78 is 34.1. The average molecular weight is 132 g/mol. The standard InChI is InChI=1S/ClH.H2O4S/c;1-5(2,3)4/h1H;(H2,1,2,3,4)/p-3. The van der Waals surface area contributed by atoms with Crippen LogP contribution in [0, 0.1) is 0 Å². The third-order valence-electron chi connectivity index (χ3n) is 0. The predicted octanol–water partition coefficient (Wildman–Crippen LogP) is -4.33. The molecule has 6 heteroatoms. The van der Waals surface area contributed by atoms with Gasteiger partial charge in [0.25, 0.3) is 0 Å². The highest BCUT2D eigenvalue weighted by molar-refractivity contribution is 7.79. The first-order valence-electron chi connectivity index (χ1n) is 0.667. The smallest absolute Gasteiger partial charge is 0.0311 e. The van der Waals surface area contributed by atoms with Gasteiger partial charge in [-0.25, -0.2) is 0 Å². The van der Waals surface area contributed by atoms with Crippen molar-refractivity contribution in [1.29, 1.82) is 0 Å². The Morgan fingerprint density at radius 2 is 1.17 bits per heavy atom. The van der Waals surface area contributed by atoms with Gasteiger partial charge in [-0.2, -0.15) is 0 Å². The van der Waals surface area contributed by atoms with Crippen molar-refractivity contribution in [2.45, 2.75) is 0 Å². The lowest BCUT2D eigenvalue weighted by atomic mass is 15.8. The second-order valence-electron chi connectivity index (χ2n) is 0.408. The minimum absolute atomic E-state index is 0. The molecule has 0 fully saturated rings. The van der Waals surface area contributed by atoms with Crippen molar-refractivity contribution in [2.75, 3.05) is 0 Å². The Bertz CT molecular complexity index is 90.7. The Labute approximate surface area is 41.2 Å². The van der Waals surface area contributed by atoms with Crippen LogP contribution < -0.4 is 12.4 Å². The van der Waals surface area contributed by atoms with Gasteiger partial charge in [-0.05, 0) is 0 Å². The molecule has 40 valence electrons. The Morgan fingerprint density at radius 1 is 1.17 bits per heavy atom. The van der Waals surface area contributed by atoms with Crippen molar-refractivity contribution in [3.63, 3.8) is 0 Å². The molecule has 6 heavy (non-hydrogen) atoms. The van der Waals surface area contributed by atoms with E-state index in [4.69, 9.17) is 17.5 Å². The van der Waals surface area contributed by atoms with E-state index in [1.807, 2.05) is 0 Å². The monoisotopic (exact) mass is 131 g/mol. The van der Waals surface area contributed by atoms with Crippen LogP contribution in [0.1, 0.15) is 0 Å². The fraction of sp³-hybridized carbons (Fsp3) is 0. The maximum Gasteiger partial charge on any atom is 0.0311 e. The molecule has 4 nitrogen and oxygen atoms in total. The molecule has 0 bridgehead atoms. The molecule has 0 saturated carbocycles. The lowest BCUT2D eigenvalue weighted by Crippen LogP contribution is -3.00. The van der Waals surface area contributed by atoms with Crippen LogP contribution in [-0.4, -0.2) is 17.5 Å². The summed E-state index contributed by atoms with van der Waals surface area (Å²) in [6.07, 6.45) is 0. The molecule has 0 aromatic carbocycles. The zero-order valence-electron chi connectivity index (χ0n) is 2.42. The van der Waals surface area contributed by atoms with Crippen molar-refractivity contribution in [1.82, 2.24) is 0 Å². The maximum atomic E-state index is 8.52. The highest BCUT2D eigenvalue weighted by Crippen LogP contribution is 1.57. The van der Waals surface area contributed by atoms with Gasteiger partial charge in [-0.3, -0.25) is 8.42 Å². The number of rotatable bonds is 0. The first-order valence-corrected chi connectivity index (χ1v) is 2.00. The lowest BCUT2D eigenvalue weighted by molar-refractivity contribution is -0.00000836. The zero-order valence-corrected chi connectivity index (χ0v) is 3.99. The van der Waals surface area contributed by atoms with Gasteiger partial charge in [0.2, 0.25) is 0 Å². The van der Waals surface area contributed by atoms with Gasteiger partial charge in [-0.15, -0.1) is 0 Å². The normalized spacial score (nSPS) is 9.67. The predicted molar refractivity (Wildman–Crippen MR) is 10.5 cm³/mol. The molecule has 0 aromatic heterocycles. The van der Waals surface area contributed by atoms with Crippen LogP contribution in [0.4, 0.5) is 0 Å². The van der Waals surface area contributed by atoms with Crippen LogP contribution in [0.25, 0.3) is 0 Å². The molecule has 0 amide bonds. The molecule has 0 atom stereocenters. The van der Waals surface area contributed by atoms with Gasteiger partial charge in [0.1, 0.15) is 0 Å². The van der Waals surface area contributed by atoms with E-state index in [9.17, 15) is 0 Å². The van der Waals surface area contributed by atoms with Crippen LogP contribution in [0.2, 0.25) is 0 Å². The van der Waals surface area contributed by atoms with E-state index in [1.54, 1.807) is 0 Å². The average Bonchev–Trinajstić information content (AvgIpc) is 0.722. The molecular weight excluding hydrogens is 132 g/mol. The van der Waals surface area contributed by atoms with Crippen molar-refractivity contribution in [2.24, 2.45) is 0 Å². The summed E-state index contributed by atoms with van der Waals surface area (Å²) in [5.74, 6) is 0. The first kappa shape index (κ1) is 9.48. The second-order valence-corrected chi connectivity index (χ2v) is 1.22. The van der Waals surface area contributed by atoms with Gasteiger partial charge in [-0.1, -0.05) is 0 Å². The Kier molecular flexibility index (Phi) is 3.72. The summed E-state index contributed by atoms with van der Waals surface area (Å²) >= 11 is 0. The van der Waals surface area contributed by atoms with Gasteiger partial charge in [0.15, 0.2) is 0 Å². The van der Waals surface area contributed by atoms with Crippen molar-refractivity contribution in [3.05, 3.63) is 0 Å². The Hall–Kier alpha value is 0.160. The van der Waals surface area contributed by atoms with Crippen LogP contribution in [0.3, 0.4) is 0 Å². The van der Waals surface area contributed by atoms with Crippen molar-refractivity contribution < 1.29 is 29.9 Å². The largest absolute Gasteiger partial charge is 1.00 e. The number of hydrogen-bond acceptors (Lipinski definition) is 4. The summed E-state index contributed by atoms with van der Waals surface area (Å²) in [4.78, 5) is 0. The lowest BCUT2D eigenvalue weighted by Gasteiger charge is -2.06. The van der Waals surface area contributed by atoms with Crippen molar-refractivity contribution in [3.8, 4) is 0 Å². The van der Waals surface area contributed by atoms with Crippen LogP contribution >= 0.6 is 0 Å². The summed E-state index contributed by atoms with van der Waals surface area (Å²) in [7, 11) is -5.17. The molecule has 0 unspecified atom stereocenters. The molecule has 0 aliphatic heterocycles. The van der Waals surface area contributed by atoms with E-state index >= 15 is 0 Å². The van der Waals surface area contributed by atoms with E-state index in [0.717, 1.165) is 0 Å². The maximum absolute atomic E-state index is 8.52. The van der Waals surface area contributed by atoms with E-state index < -0.39 is 10.4 Å². The van der Waals surface area contributed by atoms with Crippen molar-refractivity contribution >= 4 is 10.4 Å². The van der Waals surface area contributed by atoms with Gasteiger partial charge in [0.05, 0.1) is 0 Å². The van der Waals surface area contributed by atoms with Crippen LogP contribution in [0.15, 0.2) is 0 Å².